The molecule has 9 heteroatoms. The van der Waals surface area contributed by atoms with Crippen LogP contribution in [-0.2, 0) is 6.18 Å². The van der Waals surface area contributed by atoms with Crippen LogP contribution in [0.3, 0.4) is 0 Å². The quantitative estimate of drug-likeness (QED) is 0.793. The van der Waals surface area contributed by atoms with Crippen molar-refractivity contribution in [3.8, 4) is 0 Å². The molecule has 0 radical (unpaired) electrons. The van der Waals surface area contributed by atoms with Crippen LogP contribution in [0.25, 0.3) is 0 Å². The number of rotatable bonds is 3. The van der Waals surface area contributed by atoms with Crippen molar-refractivity contribution in [2.75, 3.05) is 11.9 Å². The van der Waals surface area contributed by atoms with Crippen LogP contribution in [-0.4, -0.2) is 17.7 Å². The van der Waals surface area contributed by atoms with Gasteiger partial charge in [0.05, 0.1) is 11.0 Å². The normalized spacial score (nSPS) is 17.9. The molecule has 0 aromatic carbocycles. The van der Waals surface area contributed by atoms with Crippen molar-refractivity contribution in [1.29, 1.82) is 0 Å². The van der Waals surface area contributed by atoms with Crippen molar-refractivity contribution < 1.29 is 26.3 Å². The Kier molecular flexibility index (Phi) is 3.68. The van der Waals surface area contributed by atoms with Crippen LogP contribution in [0.5, 0.6) is 0 Å². The second-order valence-corrected chi connectivity index (χ2v) is 5.53. The van der Waals surface area contributed by atoms with E-state index in [-0.39, 0.29) is 23.1 Å². The van der Waals surface area contributed by atoms with E-state index >= 15 is 0 Å². The second kappa shape index (κ2) is 4.78. The Morgan fingerprint density at radius 1 is 1.20 bits per heavy atom. The fourth-order valence-corrected chi connectivity index (χ4v) is 2.17. The first-order chi connectivity index (χ1) is 9.05. The maximum atomic E-state index is 12.7. The largest absolute Gasteiger partial charge is 0.417 e. The van der Waals surface area contributed by atoms with Crippen LogP contribution in [0, 0.1) is 5.41 Å². The van der Waals surface area contributed by atoms with E-state index in [1.54, 1.807) is 0 Å². The summed E-state index contributed by atoms with van der Waals surface area (Å²) in [5.41, 5.74) is -2.81. The molecule has 1 aromatic rings. The van der Waals surface area contributed by atoms with Gasteiger partial charge in [-0.1, -0.05) is 0 Å². The molecule has 1 heterocycles. The molecule has 0 amide bonds. The number of anilines is 1. The minimum absolute atomic E-state index is 0.0217. The molecule has 20 heavy (non-hydrogen) atoms. The van der Waals surface area contributed by atoms with Gasteiger partial charge in [-0.3, -0.25) is 0 Å². The van der Waals surface area contributed by atoms with Crippen molar-refractivity contribution in [1.82, 2.24) is 4.98 Å². The Morgan fingerprint density at radius 2 is 1.80 bits per heavy atom. The van der Waals surface area contributed by atoms with Crippen LogP contribution in [0.4, 0.5) is 32.2 Å². The van der Waals surface area contributed by atoms with Gasteiger partial charge >= 0.3 is 12.4 Å². The Bertz CT molecular complexity index is 507. The molecule has 0 unspecified atom stereocenters. The minimum atomic E-state index is -4.60. The average molecular weight is 363 g/mol. The first-order valence-electron chi connectivity index (χ1n) is 5.58. The highest BCUT2D eigenvalue weighted by Crippen LogP contribution is 2.57. The highest BCUT2D eigenvalue weighted by Gasteiger charge is 2.62. The molecule has 0 aliphatic heterocycles. The molecule has 2 nitrogen and oxygen atoms in total. The summed E-state index contributed by atoms with van der Waals surface area (Å²) in [7, 11) is 0. The zero-order valence-corrected chi connectivity index (χ0v) is 11.5. The lowest BCUT2D eigenvalue weighted by molar-refractivity contribution is -0.182. The van der Waals surface area contributed by atoms with E-state index in [0.29, 0.717) is 6.07 Å². The van der Waals surface area contributed by atoms with E-state index in [1.807, 2.05) is 0 Å². The summed E-state index contributed by atoms with van der Waals surface area (Å²) in [6.45, 7) is -0.470. The highest BCUT2D eigenvalue weighted by atomic mass is 79.9. The van der Waals surface area contributed by atoms with Gasteiger partial charge in [-0.2, -0.15) is 26.3 Å². The molecule has 0 bridgehead atoms. The van der Waals surface area contributed by atoms with Gasteiger partial charge in [0.1, 0.15) is 5.82 Å². The molecule has 1 aromatic heterocycles. The fourth-order valence-electron chi connectivity index (χ4n) is 1.72. The average Bonchev–Trinajstić information content (AvgIpc) is 3.06. The Hall–Kier alpha value is -0.990. The number of hydrogen-bond donors (Lipinski definition) is 1. The van der Waals surface area contributed by atoms with E-state index in [1.165, 1.54) is 0 Å². The SMILES string of the molecule is FC(F)(F)c1cc(NCC2(C(F)(F)F)CC2)ncc1Br. The lowest BCUT2D eigenvalue weighted by atomic mass is 10.1. The van der Waals surface area contributed by atoms with Gasteiger partial charge in [0.2, 0.25) is 0 Å². The summed E-state index contributed by atoms with van der Waals surface area (Å²) in [5.74, 6) is -0.226. The molecule has 0 saturated heterocycles. The molecule has 1 N–H and O–H groups in total. The van der Waals surface area contributed by atoms with Gasteiger partial charge in [0.25, 0.3) is 0 Å². The lowest BCUT2D eigenvalue weighted by Crippen LogP contribution is -2.31. The van der Waals surface area contributed by atoms with Crippen LogP contribution < -0.4 is 5.32 Å². The molecular weight excluding hydrogens is 354 g/mol. The second-order valence-electron chi connectivity index (χ2n) is 4.68. The zero-order chi connectivity index (χ0) is 15.2. The predicted molar refractivity (Wildman–Crippen MR) is 63.2 cm³/mol. The molecule has 1 saturated carbocycles. The van der Waals surface area contributed by atoms with Crippen molar-refractivity contribution in [2.24, 2.45) is 5.41 Å². The first kappa shape index (κ1) is 15.4. The third kappa shape index (κ3) is 3.02. The topological polar surface area (TPSA) is 24.9 Å². The van der Waals surface area contributed by atoms with Crippen molar-refractivity contribution in [2.45, 2.75) is 25.2 Å². The summed E-state index contributed by atoms with van der Waals surface area (Å²) in [6, 6.07) is 0.691. The summed E-state index contributed by atoms with van der Waals surface area (Å²) < 4.78 is 75.7. The summed E-state index contributed by atoms with van der Waals surface area (Å²) in [6.07, 6.45) is -8.08. The predicted octanol–water partition coefficient (Wildman–Crippen LogP) is 4.62. The molecule has 1 aliphatic carbocycles. The number of halogens is 7. The van der Waals surface area contributed by atoms with Gasteiger partial charge in [-0.15, -0.1) is 0 Å². The summed E-state index contributed by atoms with van der Waals surface area (Å²) >= 11 is 2.71. The van der Waals surface area contributed by atoms with Gasteiger partial charge in [-0.05, 0) is 34.8 Å². The fraction of sp³-hybridized carbons (Fsp3) is 0.545. The molecule has 2 rings (SSSR count). The minimum Gasteiger partial charge on any atom is -0.369 e. The number of nitrogens with one attached hydrogen (secondary N) is 1. The summed E-state index contributed by atoms with van der Waals surface area (Å²) in [5, 5.41) is 2.34. The highest BCUT2D eigenvalue weighted by molar-refractivity contribution is 9.10. The van der Waals surface area contributed by atoms with Crippen LogP contribution in [0.2, 0.25) is 0 Å². The van der Waals surface area contributed by atoms with E-state index in [9.17, 15) is 26.3 Å². The van der Waals surface area contributed by atoms with Gasteiger partial charge in [-0.25, -0.2) is 4.98 Å². The van der Waals surface area contributed by atoms with E-state index < -0.39 is 29.9 Å². The van der Waals surface area contributed by atoms with Crippen LogP contribution in [0.1, 0.15) is 18.4 Å². The molecule has 0 atom stereocenters. The Labute approximate surface area is 118 Å². The van der Waals surface area contributed by atoms with Gasteiger partial charge in [0, 0.05) is 17.2 Å². The van der Waals surface area contributed by atoms with E-state index in [4.69, 9.17) is 0 Å². The first-order valence-corrected chi connectivity index (χ1v) is 6.38. The standard InChI is InChI=1S/C11H9BrF6N2/c12-7-4-19-8(3-6(7)10(13,14)15)20-5-9(1-2-9)11(16,17)18/h3-4H,1-2,5H2,(H,19,20). The zero-order valence-electron chi connectivity index (χ0n) is 9.87. The molecule has 1 aliphatic rings. The smallest absolute Gasteiger partial charge is 0.369 e. The van der Waals surface area contributed by atoms with E-state index in [0.717, 1.165) is 6.20 Å². The monoisotopic (exact) mass is 362 g/mol. The summed E-state index contributed by atoms with van der Waals surface area (Å²) in [4.78, 5) is 3.64. The van der Waals surface area contributed by atoms with Gasteiger partial charge < -0.3 is 5.32 Å². The third-order valence-electron chi connectivity index (χ3n) is 3.22. The molecular formula is C11H9BrF6N2. The number of aromatic nitrogens is 1. The third-order valence-corrected chi connectivity index (χ3v) is 3.86. The van der Waals surface area contributed by atoms with E-state index in [2.05, 4.69) is 26.2 Å². The van der Waals surface area contributed by atoms with Gasteiger partial charge in [0.15, 0.2) is 0 Å². The van der Waals surface area contributed by atoms with Crippen LogP contribution in [0.15, 0.2) is 16.7 Å². The van der Waals surface area contributed by atoms with Crippen molar-refractivity contribution in [3.05, 3.63) is 22.3 Å². The molecule has 0 spiro atoms. The lowest BCUT2D eigenvalue weighted by Gasteiger charge is -2.20. The molecule has 1 fully saturated rings. The van der Waals surface area contributed by atoms with Crippen molar-refractivity contribution >= 4 is 21.7 Å². The number of hydrogen-bond acceptors (Lipinski definition) is 2. The van der Waals surface area contributed by atoms with Crippen LogP contribution >= 0.6 is 15.9 Å². The Morgan fingerprint density at radius 3 is 2.25 bits per heavy atom. The number of nitrogens with zero attached hydrogens (tertiary/aromatic N) is 1. The molecule has 112 valence electrons. The Balaban J connectivity index is 2.12. The maximum Gasteiger partial charge on any atom is 0.417 e. The number of alkyl halides is 6. The van der Waals surface area contributed by atoms with Crippen molar-refractivity contribution in [3.63, 3.8) is 0 Å². The number of pyridine rings is 1. The maximum absolute atomic E-state index is 12.7.